The molecule has 5 nitrogen and oxygen atoms in total. The second-order valence-electron chi connectivity index (χ2n) is 11.6. The largest absolute Gasteiger partial charge is 0.391 e. The van der Waals surface area contributed by atoms with E-state index >= 15 is 0 Å². The second-order valence-corrected chi connectivity index (χ2v) is 12.5. The summed E-state index contributed by atoms with van der Waals surface area (Å²) in [6.07, 6.45) is 4.10. The van der Waals surface area contributed by atoms with Crippen molar-refractivity contribution in [3.05, 3.63) is 105 Å². The fourth-order valence-electron chi connectivity index (χ4n) is 6.24. The molecule has 5 rings (SSSR count). The maximum Gasteiger partial charge on any atom is 0.254 e. The van der Waals surface area contributed by atoms with Crippen LogP contribution in [0.4, 0.5) is 0 Å². The average molecular weight is 603 g/mol. The molecule has 0 atom stereocenters. The van der Waals surface area contributed by atoms with E-state index in [0.717, 1.165) is 89.9 Å². The maximum absolute atomic E-state index is 13.4. The Morgan fingerprint density at radius 1 is 0.900 bits per heavy atom. The standard InChI is InChI=1S/C34H40BrN3O2/c1-25-8-7-9-26(2)31(25)33(39)37-22-18-34(3,19-23-37)38-20-16-29(17-21-38)32(28-12-14-30(35)15-13-28)36-40-24-27-10-5-4-6-11-27/h4-15,29H,16-24H2,1-3H3/b36-32+. The molecule has 2 aliphatic rings. The van der Waals surface area contributed by atoms with Crippen LogP contribution in [0.2, 0.25) is 0 Å². The van der Waals surface area contributed by atoms with Gasteiger partial charge in [0.15, 0.2) is 0 Å². The van der Waals surface area contributed by atoms with Gasteiger partial charge >= 0.3 is 0 Å². The SMILES string of the molecule is Cc1cccc(C)c1C(=O)N1CCC(C)(N2CCC(/C(=N/OCc3ccccc3)c3ccc(Br)cc3)CC2)CC1. The lowest BCUT2D eigenvalue weighted by molar-refractivity contribution is 0.0160. The Morgan fingerprint density at radius 2 is 1.52 bits per heavy atom. The molecule has 2 saturated heterocycles. The predicted molar refractivity (Wildman–Crippen MR) is 166 cm³/mol. The summed E-state index contributed by atoms with van der Waals surface area (Å²) in [5.41, 5.74) is 6.41. The van der Waals surface area contributed by atoms with E-state index in [-0.39, 0.29) is 11.4 Å². The van der Waals surface area contributed by atoms with Gasteiger partial charge < -0.3 is 9.74 Å². The van der Waals surface area contributed by atoms with Crippen LogP contribution in [0.3, 0.4) is 0 Å². The zero-order valence-electron chi connectivity index (χ0n) is 23.9. The van der Waals surface area contributed by atoms with Gasteiger partial charge in [0.25, 0.3) is 5.91 Å². The molecule has 0 radical (unpaired) electrons. The molecule has 0 spiro atoms. The number of nitrogens with zero attached hydrogens (tertiary/aromatic N) is 3. The molecule has 0 saturated carbocycles. The highest BCUT2D eigenvalue weighted by Crippen LogP contribution is 2.34. The maximum atomic E-state index is 13.4. The number of oxime groups is 1. The van der Waals surface area contributed by atoms with E-state index in [0.29, 0.717) is 12.5 Å². The van der Waals surface area contributed by atoms with Crippen LogP contribution >= 0.6 is 15.9 Å². The lowest BCUT2D eigenvalue weighted by atomic mass is 9.82. The van der Waals surface area contributed by atoms with Crippen molar-refractivity contribution < 1.29 is 9.63 Å². The summed E-state index contributed by atoms with van der Waals surface area (Å²) in [6, 6.07) is 24.7. The van der Waals surface area contributed by atoms with Crippen LogP contribution in [0.25, 0.3) is 0 Å². The van der Waals surface area contributed by atoms with E-state index in [1.165, 1.54) is 0 Å². The van der Waals surface area contributed by atoms with Gasteiger partial charge in [-0.2, -0.15) is 0 Å². The minimum atomic E-state index is 0.112. The first-order chi connectivity index (χ1) is 19.3. The van der Waals surface area contributed by atoms with Gasteiger partial charge in [-0.15, -0.1) is 0 Å². The molecule has 0 bridgehead atoms. The van der Waals surface area contributed by atoms with Crippen LogP contribution < -0.4 is 0 Å². The molecule has 0 unspecified atom stereocenters. The van der Waals surface area contributed by atoms with E-state index < -0.39 is 0 Å². The van der Waals surface area contributed by atoms with Gasteiger partial charge in [0, 0.05) is 34.6 Å². The van der Waals surface area contributed by atoms with E-state index in [9.17, 15) is 4.79 Å². The third-order valence-corrected chi connectivity index (χ3v) is 9.37. The molecular weight excluding hydrogens is 562 g/mol. The van der Waals surface area contributed by atoms with E-state index in [1.807, 2.05) is 50.2 Å². The number of piperidine rings is 2. The van der Waals surface area contributed by atoms with Crippen molar-refractivity contribution in [3.8, 4) is 0 Å². The molecule has 0 aliphatic carbocycles. The Kier molecular flexibility index (Phi) is 9.07. The Labute approximate surface area is 247 Å². The summed E-state index contributed by atoms with van der Waals surface area (Å²) in [7, 11) is 0. The van der Waals surface area contributed by atoms with Crippen molar-refractivity contribution in [3.63, 3.8) is 0 Å². The van der Waals surface area contributed by atoms with Crippen molar-refractivity contribution in [1.82, 2.24) is 9.80 Å². The van der Waals surface area contributed by atoms with Crippen molar-refractivity contribution in [2.75, 3.05) is 26.2 Å². The van der Waals surface area contributed by atoms with E-state index in [4.69, 9.17) is 9.99 Å². The monoisotopic (exact) mass is 601 g/mol. The van der Waals surface area contributed by atoms with Crippen molar-refractivity contribution >= 4 is 27.5 Å². The Morgan fingerprint density at radius 3 is 2.15 bits per heavy atom. The fraction of sp³-hybridized carbons (Fsp3) is 0.412. The summed E-state index contributed by atoms with van der Waals surface area (Å²) in [5, 5.41) is 4.71. The van der Waals surface area contributed by atoms with Gasteiger partial charge in [0.1, 0.15) is 6.61 Å². The number of benzene rings is 3. The second kappa shape index (κ2) is 12.7. The van der Waals surface area contributed by atoms with Crippen molar-refractivity contribution in [2.45, 2.75) is 58.6 Å². The van der Waals surface area contributed by atoms with Crippen LogP contribution in [0.1, 0.15) is 65.2 Å². The smallest absolute Gasteiger partial charge is 0.254 e. The van der Waals surface area contributed by atoms with Crippen molar-refractivity contribution in [2.24, 2.45) is 11.1 Å². The van der Waals surface area contributed by atoms with Crippen LogP contribution in [0, 0.1) is 19.8 Å². The van der Waals surface area contributed by atoms with E-state index in [2.05, 4.69) is 69.1 Å². The van der Waals surface area contributed by atoms with Crippen LogP contribution in [0.5, 0.6) is 0 Å². The van der Waals surface area contributed by atoms with Gasteiger partial charge in [-0.3, -0.25) is 9.69 Å². The molecule has 3 aromatic carbocycles. The average Bonchev–Trinajstić information content (AvgIpc) is 2.97. The number of aryl methyl sites for hydroxylation is 2. The van der Waals surface area contributed by atoms with Crippen LogP contribution in [-0.2, 0) is 11.4 Å². The number of amides is 1. The molecule has 0 N–H and O–H groups in total. The molecule has 1 amide bonds. The number of hydrogen-bond donors (Lipinski definition) is 0. The molecule has 2 fully saturated rings. The lowest BCUT2D eigenvalue weighted by Gasteiger charge is -2.49. The minimum Gasteiger partial charge on any atom is -0.391 e. The molecule has 210 valence electrons. The number of carbonyl (C=O) groups excluding carboxylic acids is 1. The molecule has 40 heavy (non-hydrogen) atoms. The molecule has 2 aliphatic heterocycles. The minimum absolute atomic E-state index is 0.112. The predicted octanol–water partition coefficient (Wildman–Crippen LogP) is 7.39. The first-order valence-corrected chi connectivity index (χ1v) is 15.2. The zero-order valence-corrected chi connectivity index (χ0v) is 25.5. The Balaban J connectivity index is 1.22. The summed E-state index contributed by atoms with van der Waals surface area (Å²) >= 11 is 3.56. The summed E-state index contributed by atoms with van der Waals surface area (Å²) in [4.78, 5) is 24.0. The lowest BCUT2D eigenvalue weighted by Crippen LogP contribution is -2.56. The number of halogens is 1. The first kappa shape index (κ1) is 28.6. The summed E-state index contributed by atoms with van der Waals surface area (Å²) in [6.45, 7) is 10.6. The normalized spacial score (nSPS) is 18.5. The number of rotatable bonds is 7. The Hall–Kier alpha value is -2.96. The third-order valence-electron chi connectivity index (χ3n) is 8.84. The third kappa shape index (κ3) is 6.50. The quantitative estimate of drug-likeness (QED) is 0.209. The fourth-order valence-corrected chi connectivity index (χ4v) is 6.51. The highest BCUT2D eigenvalue weighted by Gasteiger charge is 2.39. The van der Waals surface area contributed by atoms with Gasteiger partial charge in [-0.1, -0.05) is 81.7 Å². The van der Waals surface area contributed by atoms with Gasteiger partial charge in [0.05, 0.1) is 5.71 Å². The highest BCUT2D eigenvalue weighted by molar-refractivity contribution is 9.10. The molecule has 6 heteroatoms. The van der Waals surface area contributed by atoms with E-state index in [1.54, 1.807) is 0 Å². The topological polar surface area (TPSA) is 45.1 Å². The number of hydrogen-bond acceptors (Lipinski definition) is 4. The molecule has 2 heterocycles. The number of likely N-dealkylation sites (tertiary alicyclic amines) is 2. The molecule has 0 aromatic heterocycles. The number of carbonyl (C=O) groups is 1. The first-order valence-electron chi connectivity index (χ1n) is 14.4. The van der Waals surface area contributed by atoms with Gasteiger partial charge in [0.2, 0.25) is 0 Å². The van der Waals surface area contributed by atoms with Crippen molar-refractivity contribution in [1.29, 1.82) is 0 Å². The summed E-state index contributed by atoms with van der Waals surface area (Å²) in [5.74, 6) is 0.532. The van der Waals surface area contributed by atoms with Crippen LogP contribution in [0.15, 0.2) is 82.4 Å². The van der Waals surface area contributed by atoms with Crippen LogP contribution in [-0.4, -0.2) is 53.1 Å². The summed E-state index contributed by atoms with van der Waals surface area (Å²) < 4.78 is 1.06. The Bertz CT molecular complexity index is 1300. The van der Waals surface area contributed by atoms with Gasteiger partial charge in [-0.05, 0) is 93.9 Å². The van der Waals surface area contributed by atoms with Gasteiger partial charge in [-0.25, -0.2) is 0 Å². The molecule has 3 aromatic rings. The molecular formula is C34H40BrN3O2. The highest BCUT2D eigenvalue weighted by atomic mass is 79.9. The zero-order chi connectivity index (χ0) is 28.1.